The number of aromatic nitrogens is 2. The fraction of sp³-hybridized carbons (Fsp3) is 0.444. The Morgan fingerprint density at radius 1 is 1.19 bits per heavy atom. The minimum atomic E-state index is 0.507. The molecule has 0 aromatic carbocycles. The van der Waals surface area contributed by atoms with Crippen LogP contribution in [0.25, 0.3) is 0 Å². The van der Waals surface area contributed by atoms with Gasteiger partial charge in [0.25, 0.3) is 0 Å². The summed E-state index contributed by atoms with van der Waals surface area (Å²) in [6.07, 6.45) is 8.93. The minimum absolute atomic E-state index is 0.507. The molecule has 0 saturated heterocycles. The second kappa shape index (κ2) is 7.89. The molecule has 3 heteroatoms. The normalized spacial score (nSPS) is 12.6. The molecule has 0 spiro atoms. The van der Waals surface area contributed by atoms with Crippen LogP contribution in [0.5, 0.6) is 0 Å². The van der Waals surface area contributed by atoms with Crippen molar-refractivity contribution in [3.8, 4) is 0 Å². The van der Waals surface area contributed by atoms with Gasteiger partial charge in [0.1, 0.15) is 0 Å². The summed E-state index contributed by atoms with van der Waals surface area (Å²) >= 11 is 0. The molecule has 0 radical (unpaired) electrons. The van der Waals surface area contributed by atoms with Crippen LogP contribution in [0.1, 0.15) is 30.2 Å². The van der Waals surface area contributed by atoms with Gasteiger partial charge in [-0.2, -0.15) is 0 Å². The maximum atomic E-state index is 4.49. The van der Waals surface area contributed by atoms with E-state index in [-0.39, 0.29) is 0 Å². The van der Waals surface area contributed by atoms with Crippen LogP contribution in [0.3, 0.4) is 0 Å². The van der Waals surface area contributed by atoms with Crippen LogP contribution < -0.4 is 0 Å². The number of rotatable bonds is 7. The van der Waals surface area contributed by atoms with Gasteiger partial charge >= 0.3 is 0 Å². The second-order valence-electron chi connectivity index (χ2n) is 5.77. The summed E-state index contributed by atoms with van der Waals surface area (Å²) in [4.78, 5) is 11.1. The molecule has 21 heavy (non-hydrogen) atoms. The Kier molecular flexibility index (Phi) is 5.88. The van der Waals surface area contributed by atoms with E-state index in [9.17, 15) is 0 Å². The largest absolute Gasteiger partial charge is 0.303 e. The summed E-state index contributed by atoms with van der Waals surface area (Å²) in [6, 6.07) is 8.80. The van der Waals surface area contributed by atoms with Crippen molar-refractivity contribution < 1.29 is 0 Å². The lowest BCUT2D eigenvalue weighted by atomic mass is 10.1. The van der Waals surface area contributed by atoms with E-state index in [0.717, 1.165) is 25.8 Å². The standard InChI is InChI=1S/C18H25N3/c1-15-7-4-11-20-18(15)13-16(2)21(3)12-6-9-17-8-5-10-19-14-17/h4-5,7-8,10-11,14,16H,6,9,12-13H2,1-3H3/t16-/m0/s1. The van der Waals surface area contributed by atoms with Gasteiger partial charge in [0.05, 0.1) is 0 Å². The van der Waals surface area contributed by atoms with Crippen LogP contribution in [0, 0.1) is 6.92 Å². The molecule has 2 aromatic heterocycles. The summed E-state index contributed by atoms with van der Waals surface area (Å²) in [7, 11) is 2.20. The third-order valence-electron chi connectivity index (χ3n) is 4.06. The predicted molar refractivity (Wildman–Crippen MR) is 87.3 cm³/mol. The van der Waals surface area contributed by atoms with Crippen LogP contribution in [0.15, 0.2) is 42.9 Å². The highest BCUT2D eigenvalue weighted by Gasteiger charge is 2.11. The van der Waals surface area contributed by atoms with Gasteiger partial charge in [-0.25, -0.2) is 0 Å². The molecule has 0 aliphatic heterocycles. The van der Waals surface area contributed by atoms with Gasteiger partial charge in [-0.1, -0.05) is 12.1 Å². The average Bonchev–Trinajstić information content (AvgIpc) is 2.50. The van der Waals surface area contributed by atoms with E-state index in [1.807, 2.05) is 30.7 Å². The fourth-order valence-corrected chi connectivity index (χ4v) is 2.47. The summed E-state index contributed by atoms with van der Waals surface area (Å²) in [6.45, 7) is 5.51. The van der Waals surface area contributed by atoms with Crippen LogP contribution in [-0.4, -0.2) is 34.5 Å². The van der Waals surface area contributed by atoms with E-state index in [2.05, 4.69) is 47.9 Å². The first-order valence-electron chi connectivity index (χ1n) is 7.66. The molecule has 0 amide bonds. The maximum Gasteiger partial charge on any atom is 0.0448 e. The molecular weight excluding hydrogens is 258 g/mol. The van der Waals surface area contributed by atoms with Crippen molar-refractivity contribution >= 4 is 0 Å². The first-order valence-corrected chi connectivity index (χ1v) is 7.66. The highest BCUT2D eigenvalue weighted by atomic mass is 15.1. The molecule has 0 fully saturated rings. The quantitative estimate of drug-likeness (QED) is 0.781. The second-order valence-corrected chi connectivity index (χ2v) is 5.77. The molecule has 112 valence electrons. The Morgan fingerprint density at radius 2 is 2.00 bits per heavy atom. The molecule has 0 saturated carbocycles. The zero-order chi connectivity index (χ0) is 15.1. The maximum absolute atomic E-state index is 4.49. The monoisotopic (exact) mass is 283 g/mol. The Labute approximate surface area is 128 Å². The van der Waals surface area contributed by atoms with Gasteiger partial charge in [0.2, 0.25) is 0 Å². The van der Waals surface area contributed by atoms with E-state index >= 15 is 0 Å². The smallest absolute Gasteiger partial charge is 0.0448 e. The van der Waals surface area contributed by atoms with Gasteiger partial charge in [0, 0.05) is 36.7 Å². The molecule has 2 aromatic rings. The van der Waals surface area contributed by atoms with E-state index in [1.54, 1.807) is 0 Å². The van der Waals surface area contributed by atoms with Crippen molar-refractivity contribution in [2.75, 3.05) is 13.6 Å². The number of hydrogen-bond donors (Lipinski definition) is 0. The molecule has 0 unspecified atom stereocenters. The van der Waals surface area contributed by atoms with E-state index in [1.165, 1.54) is 16.8 Å². The van der Waals surface area contributed by atoms with E-state index in [0.29, 0.717) is 6.04 Å². The fourth-order valence-electron chi connectivity index (χ4n) is 2.47. The van der Waals surface area contributed by atoms with Crippen LogP contribution in [0.4, 0.5) is 0 Å². The Bertz CT molecular complexity index is 539. The van der Waals surface area contributed by atoms with Crippen molar-refractivity contribution in [2.24, 2.45) is 0 Å². The number of likely N-dealkylation sites (N-methyl/N-ethyl adjacent to an activating group) is 1. The number of nitrogens with zero attached hydrogens (tertiary/aromatic N) is 3. The lowest BCUT2D eigenvalue weighted by Crippen LogP contribution is -2.32. The summed E-state index contributed by atoms with van der Waals surface area (Å²) in [5.74, 6) is 0. The zero-order valence-corrected chi connectivity index (χ0v) is 13.3. The summed E-state index contributed by atoms with van der Waals surface area (Å²) in [5, 5.41) is 0. The van der Waals surface area contributed by atoms with E-state index < -0.39 is 0 Å². The number of hydrogen-bond acceptors (Lipinski definition) is 3. The van der Waals surface area contributed by atoms with Crippen molar-refractivity contribution in [1.29, 1.82) is 0 Å². The molecule has 0 N–H and O–H groups in total. The topological polar surface area (TPSA) is 29.0 Å². The highest BCUT2D eigenvalue weighted by Crippen LogP contribution is 2.10. The Hall–Kier alpha value is -1.74. The Morgan fingerprint density at radius 3 is 2.71 bits per heavy atom. The molecular formula is C18H25N3. The SMILES string of the molecule is Cc1cccnc1C[C@H](C)N(C)CCCc1cccnc1. The average molecular weight is 283 g/mol. The third-order valence-corrected chi connectivity index (χ3v) is 4.06. The molecule has 0 bridgehead atoms. The first kappa shape index (κ1) is 15.6. The summed E-state index contributed by atoms with van der Waals surface area (Å²) < 4.78 is 0. The van der Waals surface area contributed by atoms with Crippen LogP contribution >= 0.6 is 0 Å². The zero-order valence-electron chi connectivity index (χ0n) is 13.3. The van der Waals surface area contributed by atoms with Crippen molar-refractivity contribution in [2.45, 2.75) is 39.2 Å². The minimum Gasteiger partial charge on any atom is -0.303 e. The van der Waals surface area contributed by atoms with Gasteiger partial charge in [-0.15, -0.1) is 0 Å². The summed E-state index contributed by atoms with van der Waals surface area (Å²) in [5.41, 5.74) is 3.82. The predicted octanol–water partition coefficient (Wildman–Crippen LogP) is 3.28. The molecule has 3 nitrogen and oxygen atoms in total. The number of aryl methyl sites for hydroxylation is 2. The molecule has 2 rings (SSSR count). The van der Waals surface area contributed by atoms with Gasteiger partial charge in [0.15, 0.2) is 0 Å². The lowest BCUT2D eigenvalue weighted by Gasteiger charge is -2.25. The molecule has 0 aliphatic rings. The van der Waals surface area contributed by atoms with Crippen LogP contribution in [0.2, 0.25) is 0 Å². The number of pyridine rings is 2. The highest BCUT2D eigenvalue weighted by molar-refractivity contribution is 5.18. The lowest BCUT2D eigenvalue weighted by molar-refractivity contribution is 0.252. The molecule has 1 atom stereocenters. The van der Waals surface area contributed by atoms with Gasteiger partial charge < -0.3 is 4.90 Å². The Balaban J connectivity index is 1.77. The third kappa shape index (κ3) is 4.94. The van der Waals surface area contributed by atoms with Gasteiger partial charge in [-0.05, 0) is 63.5 Å². The van der Waals surface area contributed by atoms with Crippen molar-refractivity contribution in [3.63, 3.8) is 0 Å². The molecule has 2 heterocycles. The van der Waals surface area contributed by atoms with Gasteiger partial charge in [-0.3, -0.25) is 9.97 Å². The van der Waals surface area contributed by atoms with Crippen LogP contribution in [-0.2, 0) is 12.8 Å². The van der Waals surface area contributed by atoms with Crippen molar-refractivity contribution in [1.82, 2.24) is 14.9 Å². The molecule has 0 aliphatic carbocycles. The van der Waals surface area contributed by atoms with Crippen molar-refractivity contribution in [3.05, 3.63) is 59.7 Å². The van der Waals surface area contributed by atoms with E-state index in [4.69, 9.17) is 0 Å². The first-order chi connectivity index (χ1) is 10.2.